The zero-order chi connectivity index (χ0) is 15.4. The molecule has 1 amide bonds. The Morgan fingerprint density at radius 3 is 2.50 bits per heavy atom. The normalized spacial score (nSPS) is 19.5. The molecule has 0 bridgehead atoms. The van der Waals surface area contributed by atoms with Crippen molar-refractivity contribution in [3.63, 3.8) is 0 Å². The zero-order valence-corrected chi connectivity index (χ0v) is 13.2. The van der Waals surface area contributed by atoms with Crippen LogP contribution < -0.4 is 9.64 Å². The molecule has 0 aromatic carbocycles. The highest BCUT2D eigenvalue weighted by Gasteiger charge is 2.29. The van der Waals surface area contributed by atoms with Gasteiger partial charge in [0, 0.05) is 38.2 Å². The number of anilines is 1. The van der Waals surface area contributed by atoms with E-state index in [0.717, 1.165) is 44.8 Å². The van der Waals surface area contributed by atoms with E-state index in [1.54, 1.807) is 0 Å². The first kappa shape index (κ1) is 15.1. The van der Waals surface area contributed by atoms with Crippen molar-refractivity contribution < 1.29 is 9.53 Å². The maximum absolute atomic E-state index is 12.4. The van der Waals surface area contributed by atoms with Gasteiger partial charge < -0.3 is 14.5 Å². The summed E-state index contributed by atoms with van der Waals surface area (Å²) in [6, 6.07) is 3.79. The molecule has 0 atom stereocenters. The summed E-state index contributed by atoms with van der Waals surface area (Å²) in [5.41, 5.74) is 0. The molecule has 0 unspecified atom stereocenters. The SMILES string of the molecule is CCOc1ccc(N2CCN(C(=O)C3CCCC3)CC2)nn1. The molecule has 6 heteroatoms. The molecule has 3 rings (SSSR count). The van der Waals surface area contributed by atoms with Gasteiger partial charge in [-0.1, -0.05) is 12.8 Å². The summed E-state index contributed by atoms with van der Waals surface area (Å²) in [5.74, 6) is 2.05. The van der Waals surface area contributed by atoms with Crippen molar-refractivity contribution in [1.82, 2.24) is 15.1 Å². The molecule has 0 N–H and O–H groups in total. The third-order valence-corrected chi connectivity index (χ3v) is 4.54. The molecule has 2 aliphatic rings. The summed E-state index contributed by atoms with van der Waals surface area (Å²) < 4.78 is 5.31. The zero-order valence-electron chi connectivity index (χ0n) is 13.2. The number of carbonyl (C=O) groups is 1. The molecule has 1 aliphatic carbocycles. The Labute approximate surface area is 131 Å². The molecule has 1 aromatic heterocycles. The number of aromatic nitrogens is 2. The molecule has 1 saturated heterocycles. The van der Waals surface area contributed by atoms with E-state index in [2.05, 4.69) is 15.1 Å². The van der Waals surface area contributed by atoms with Crippen LogP contribution in [0.1, 0.15) is 32.6 Å². The standard InChI is InChI=1S/C16H24N4O2/c1-2-22-15-8-7-14(17-18-15)19-9-11-20(12-10-19)16(21)13-5-3-4-6-13/h7-8,13H,2-6,9-12H2,1H3. The number of ether oxygens (including phenoxy) is 1. The summed E-state index contributed by atoms with van der Waals surface area (Å²) in [6.45, 7) is 5.73. The van der Waals surface area contributed by atoms with Gasteiger partial charge in [-0.2, -0.15) is 0 Å². The van der Waals surface area contributed by atoms with E-state index in [1.807, 2.05) is 24.0 Å². The molecule has 2 heterocycles. The van der Waals surface area contributed by atoms with Crippen LogP contribution in [0.3, 0.4) is 0 Å². The lowest BCUT2D eigenvalue weighted by Crippen LogP contribution is -2.50. The fourth-order valence-electron chi connectivity index (χ4n) is 3.29. The molecule has 0 spiro atoms. The van der Waals surface area contributed by atoms with Crippen molar-refractivity contribution >= 4 is 11.7 Å². The summed E-state index contributed by atoms with van der Waals surface area (Å²) >= 11 is 0. The van der Waals surface area contributed by atoms with E-state index in [4.69, 9.17) is 4.74 Å². The van der Waals surface area contributed by atoms with Crippen LogP contribution in [0.25, 0.3) is 0 Å². The first-order valence-corrected chi connectivity index (χ1v) is 8.28. The molecule has 6 nitrogen and oxygen atoms in total. The van der Waals surface area contributed by atoms with Crippen molar-refractivity contribution in [2.24, 2.45) is 5.92 Å². The van der Waals surface area contributed by atoms with Crippen LogP contribution in [0.2, 0.25) is 0 Å². The number of hydrogen-bond acceptors (Lipinski definition) is 5. The van der Waals surface area contributed by atoms with Gasteiger partial charge in [0.1, 0.15) is 0 Å². The molecule has 120 valence electrons. The van der Waals surface area contributed by atoms with Crippen LogP contribution >= 0.6 is 0 Å². The Kier molecular flexibility index (Phi) is 4.75. The van der Waals surface area contributed by atoms with E-state index in [9.17, 15) is 4.79 Å². The lowest BCUT2D eigenvalue weighted by atomic mass is 10.1. The minimum absolute atomic E-state index is 0.275. The summed E-state index contributed by atoms with van der Waals surface area (Å²) in [5, 5.41) is 8.28. The fourth-order valence-corrected chi connectivity index (χ4v) is 3.29. The molecular weight excluding hydrogens is 280 g/mol. The van der Waals surface area contributed by atoms with E-state index in [0.29, 0.717) is 18.4 Å². The number of rotatable bonds is 4. The number of piperazine rings is 1. The van der Waals surface area contributed by atoms with E-state index in [-0.39, 0.29) is 5.92 Å². The van der Waals surface area contributed by atoms with Gasteiger partial charge >= 0.3 is 0 Å². The maximum Gasteiger partial charge on any atom is 0.233 e. The van der Waals surface area contributed by atoms with Gasteiger partial charge in [-0.05, 0) is 25.8 Å². The molecule has 22 heavy (non-hydrogen) atoms. The second-order valence-corrected chi connectivity index (χ2v) is 5.96. The Morgan fingerprint density at radius 2 is 1.91 bits per heavy atom. The molecule has 2 fully saturated rings. The average Bonchev–Trinajstić information content (AvgIpc) is 3.10. The Bertz CT molecular complexity index is 491. The van der Waals surface area contributed by atoms with Gasteiger partial charge in [-0.3, -0.25) is 4.79 Å². The van der Waals surface area contributed by atoms with E-state index < -0.39 is 0 Å². The Balaban J connectivity index is 1.53. The molecule has 1 saturated carbocycles. The van der Waals surface area contributed by atoms with Crippen LogP contribution in [-0.4, -0.2) is 53.8 Å². The number of amides is 1. The minimum atomic E-state index is 0.275. The van der Waals surface area contributed by atoms with Gasteiger partial charge in [0.2, 0.25) is 11.8 Å². The number of nitrogens with zero attached hydrogens (tertiary/aromatic N) is 4. The highest BCUT2D eigenvalue weighted by atomic mass is 16.5. The summed E-state index contributed by atoms with van der Waals surface area (Å²) in [6.07, 6.45) is 4.56. The average molecular weight is 304 g/mol. The van der Waals surface area contributed by atoms with Gasteiger partial charge in [-0.25, -0.2) is 0 Å². The largest absolute Gasteiger partial charge is 0.477 e. The van der Waals surface area contributed by atoms with Gasteiger partial charge in [0.05, 0.1) is 6.61 Å². The van der Waals surface area contributed by atoms with Crippen molar-refractivity contribution in [3.05, 3.63) is 12.1 Å². The lowest BCUT2D eigenvalue weighted by molar-refractivity contribution is -0.135. The fraction of sp³-hybridized carbons (Fsp3) is 0.688. The third-order valence-electron chi connectivity index (χ3n) is 4.54. The Morgan fingerprint density at radius 1 is 1.18 bits per heavy atom. The first-order valence-electron chi connectivity index (χ1n) is 8.28. The topological polar surface area (TPSA) is 58.6 Å². The minimum Gasteiger partial charge on any atom is -0.477 e. The first-order chi connectivity index (χ1) is 10.8. The summed E-state index contributed by atoms with van der Waals surface area (Å²) in [7, 11) is 0. The van der Waals surface area contributed by atoms with Gasteiger partial charge in [-0.15, -0.1) is 10.2 Å². The van der Waals surface area contributed by atoms with Gasteiger partial charge in [0.15, 0.2) is 5.82 Å². The van der Waals surface area contributed by atoms with Crippen LogP contribution in [0.5, 0.6) is 5.88 Å². The van der Waals surface area contributed by atoms with E-state index >= 15 is 0 Å². The third kappa shape index (κ3) is 3.31. The second kappa shape index (κ2) is 6.94. The van der Waals surface area contributed by atoms with Crippen LogP contribution in [0, 0.1) is 5.92 Å². The van der Waals surface area contributed by atoms with Crippen LogP contribution in [0.4, 0.5) is 5.82 Å². The van der Waals surface area contributed by atoms with Crippen molar-refractivity contribution in [2.45, 2.75) is 32.6 Å². The monoisotopic (exact) mass is 304 g/mol. The van der Waals surface area contributed by atoms with Crippen molar-refractivity contribution in [2.75, 3.05) is 37.7 Å². The predicted octanol–water partition coefficient (Wildman–Crippen LogP) is 1.71. The quantitative estimate of drug-likeness (QED) is 0.847. The molecule has 1 aromatic rings. The second-order valence-electron chi connectivity index (χ2n) is 5.96. The molecule has 0 radical (unpaired) electrons. The maximum atomic E-state index is 12.4. The Hall–Kier alpha value is -1.85. The smallest absolute Gasteiger partial charge is 0.233 e. The van der Waals surface area contributed by atoms with Crippen LogP contribution in [0.15, 0.2) is 12.1 Å². The predicted molar refractivity (Wildman–Crippen MR) is 84.0 cm³/mol. The molecular formula is C16H24N4O2. The summed E-state index contributed by atoms with van der Waals surface area (Å²) in [4.78, 5) is 16.6. The molecule has 1 aliphatic heterocycles. The highest BCUT2D eigenvalue weighted by molar-refractivity contribution is 5.79. The van der Waals surface area contributed by atoms with Crippen LogP contribution in [-0.2, 0) is 4.79 Å². The van der Waals surface area contributed by atoms with Crippen molar-refractivity contribution in [3.8, 4) is 5.88 Å². The van der Waals surface area contributed by atoms with Crippen molar-refractivity contribution in [1.29, 1.82) is 0 Å². The van der Waals surface area contributed by atoms with E-state index in [1.165, 1.54) is 12.8 Å². The lowest BCUT2D eigenvalue weighted by Gasteiger charge is -2.36. The highest BCUT2D eigenvalue weighted by Crippen LogP contribution is 2.27. The number of hydrogen-bond donors (Lipinski definition) is 0. The number of carbonyl (C=O) groups excluding carboxylic acids is 1. The van der Waals surface area contributed by atoms with Gasteiger partial charge in [0.25, 0.3) is 0 Å².